The van der Waals surface area contributed by atoms with E-state index in [1.165, 1.54) is 13.3 Å². The lowest BCUT2D eigenvalue weighted by atomic mass is 9.94. The Morgan fingerprint density at radius 3 is 2.46 bits per heavy atom. The van der Waals surface area contributed by atoms with E-state index in [-0.39, 0.29) is 18.1 Å². The maximum Gasteiger partial charge on any atom is 0.217 e. The largest absolute Gasteiger partial charge is 0.368 e. The van der Waals surface area contributed by atoms with Gasteiger partial charge in [0.15, 0.2) is 12.6 Å². The molecule has 2 aromatic rings. The van der Waals surface area contributed by atoms with E-state index >= 15 is 0 Å². The molecule has 2 aromatic carbocycles. The van der Waals surface area contributed by atoms with Gasteiger partial charge in [0.25, 0.3) is 0 Å². The van der Waals surface area contributed by atoms with Crippen LogP contribution in [-0.4, -0.2) is 55.6 Å². The summed E-state index contributed by atoms with van der Waals surface area (Å²) >= 11 is 0. The third-order valence-electron chi connectivity index (χ3n) is 7.14. The molecule has 0 bridgehead atoms. The van der Waals surface area contributed by atoms with Crippen molar-refractivity contribution in [3.05, 3.63) is 77.9 Å². The molecule has 37 heavy (non-hydrogen) atoms. The van der Waals surface area contributed by atoms with E-state index in [1.807, 2.05) is 72.8 Å². The third kappa shape index (κ3) is 7.06. The second-order valence-corrected chi connectivity index (χ2v) is 10.00. The molecule has 2 aliphatic heterocycles. The Morgan fingerprint density at radius 1 is 1.00 bits per heavy atom. The predicted octanol–water partition coefficient (Wildman–Crippen LogP) is 4.61. The minimum Gasteiger partial charge on any atom is -0.368 e. The quantitative estimate of drug-likeness (QED) is 0.563. The summed E-state index contributed by atoms with van der Waals surface area (Å²) in [5.41, 5.74) is 2.11. The lowest BCUT2D eigenvalue weighted by Crippen LogP contribution is -2.68. The van der Waals surface area contributed by atoms with Crippen molar-refractivity contribution in [2.75, 3.05) is 6.61 Å². The molecular formula is C30H37NO6. The van der Waals surface area contributed by atoms with Gasteiger partial charge in [0, 0.05) is 6.92 Å². The topological polar surface area (TPSA) is 75.3 Å². The fourth-order valence-electron chi connectivity index (χ4n) is 5.30. The van der Waals surface area contributed by atoms with Gasteiger partial charge in [-0.1, -0.05) is 86.0 Å². The zero-order valence-corrected chi connectivity index (χ0v) is 21.4. The van der Waals surface area contributed by atoms with Crippen molar-refractivity contribution in [3.63, 3.8) is 0 Å². The molecule has 5 rings (SSSR count). The summed E-state index contributed by atoms with van der Waals surface area (Å²) in [7, 11) is 0. The highest BCUT2D eigenvalue weighted by Crippen LogP contribution is 2.34. The van der Waals surface area contributed by atoms with Crippen molar-refractivity contribution in [1.82, 2.24) is 5.32 Å². The van der Waals surface area contributed by atoms with Crippen molar-refractivity contribution in [1.29, 1.82) is 0 Å². The number of ether oxygens (including phenoxy) is 5. The Balaban J connectivity index is 1.36. The molecule has 0 spiro atoms. The first kappa shape index (κ1) is 26.1. The van der Waals surface area contributed by atoms with Crippen molar-refractivity contribution in [2.24, 2.45) is 0 Å². The molecule has 7 heteroatoms. The fraction of sp³-hybridized carbons (Fsp3) is 0.500. The molecule has 1 amide bonds. The summed E-state index contributed by atoms with van der Waals surface area (Å²) in [6.45, 7) is 2.24. The van der Waals surface area contributed by atoms with Gasteiger partial charge in [-0.05, 0) is 30.0 Å². The van der Waals surface area contributed by atoms with Crippen molar-refractivity contribution in [2.45, 2.75) is 88.7 Å². The first-order valence-corrected chi connectivity index (χ1v) is 13.4. The fourth-order valence-corrected chi connectivity index (χ4v) is 5.30. The van der Waals surface area contributed by atoms with Crippen molar-refractivity contribution < 1.29 is 28.5 Å². The van der Waals surface area contributed by atoms with Crippen LogP contribution >= 0.6 is 0 Å². The highest BCUT2D eigenvalue weighted by molar-refractivity contribution is 5.73. The molecule has 2 saturated heterocycles. The van der Waals surface area contributed by atoms with E-state index in [1.54, 1.807) is 0 Å². The number of nitrogens with one attached hydrogen (secondary N) is 1. The van der Waals surface area contributed by atoms with E-state index in [0.29, 0.717) is 13.2 Å². The van der Waals surface area contributed by atoms with Gasteiger partial charge in [-0.3, -0.25) is 4.79 Å². The van der Waals surface area contributed by atoms with Crippen LogP contribution in [0.15, 0.2) is 66.7 Å². The summed E-state index contributed by atoms with van der Waals surface area (Å²) in [6.07, 6.45) is 7.01. The number of carbonyl (C=O) groups is 1. The summed E-state index contributed by atoms with van der Waals surface area (Å²) in [6, 6.07) is 19.5. The number of rotatable bonds is 8. The van der Waals surface area contributed by atoms with Gasteiger partial charge in [0.2, 0.25) is 5.91 Å². The van der Waals surface area contributed by atoms with Gasteiger partial charge in [-0.25, -0.2) is 0 Å². The third-order valence-corrected chi connectivity index (χ3v) is 7.14. The average molecular weight is 508 g/mol. The molecule has 198 valence electrons. The van der Waals surface area contributed by atoms with Gasteiger partial charge in [-0.2, -0.15) is 0 Å². The number of hydrogen-bond acceptors (Lipinski definition) is 6. The Bertz CT molecular complexity index is 1010. The molecule has 6 atom stereocenters. The van der Waals surface area contributed by atoms with Crippen LogP contribution in [-0.2, 0) is 35.1 Å². The Morgan fingerprint density at radius 2 is 1.73 bits per heavy atom. The van der Waals surface area contributed by atoms with Crippen LogP contribution in [0.1, 0.15) is 50.2 Å². The highest BCUT2D eigenvalue weighted by Gasteiger charge is 2.51. The van der Waals surface area contributed by atoms with Crippen molar-refractivity contribution >= 4 is 12.0 Å². The second kappa shape index (κ2) is 12.8. The van der Waals surface area contributed by atoms with Crippen LogP contribution in [0.4, 0.5) is 0 Å². The molecule has 3 aliphatic rings. The lowest BCUT2D eigenvalue weighted by Gasteiger charge is -2.49. The maximum atomic E-state index is 12.3. The van der Waals surface area contributed by atoms with Crippen LogP contribution in [0.5, 0.6) is 0 Å². The van der Waals surface area contributed by atoms with E-state index < -0.39 is 30.8 Å². The Hall–Kier alpha value is -2.55. The van der Waals surface area contributed by atoms with Crippen LogP contribution < -0.4 is 5.32 Å². The van der Waals surface area contributed by atoms with Gasteiger partial charge in [0.1, 0.15) is 24.4 Å². The van der Waals surface area contributed by atoms with Crippen LogP contribution in [0.25, 0.3) is 6.08 Å². The molecule has 0 unspecified atom stereocenters. The maximum absolute atomic E-state index is 12.3. The molecule has 1 aliphatic carbocycles. The zero-order valence-electron chi connectivity index (χ0n) is 21.4. The molecule has 3 fully saturated rings. The Labute approximate surface area is 219 Å². The lowest BCUT2D eigenvalue weighted by molar-refractivity contribution is -0.344. The van der Waals surface area contributed by atoms with Gasteiger partial charge in [0.05, 0.1) is 19.3 Å². The standard InChI is InChI=1S/C30H37NO6/c1-21(32)31-27-29(34-19-23-13-7-3-8-14-23)28-25(36-30(27)35-24-15-9-4-10-16-24)20-33-26(37-28)18-17-22-11-5-2-6-12-22/h2-3,5-8,11-14,17-18,24-30H,4,9-10,15-16,19-20H2,1H3,(H,31,32)/b18-17+/t25-,26-,27-,28-,29-,30-/m1/s1. The molecule has 7 nitrogen and oxygen atoms in total. The normalized spacial score (nSPS) is 30.6. The number of benzene rings is 2. The van der Waals surface area contributed by atoms with E-state index in [0.717, 1.165) is 36.8 Å². The minimum absolute atomic E-state index is 0.105. The second-order valence-electron chi connectivity index (χ2n) is 10.00. The summed E-state index contributed by atoms with van der Waals surface area (Å²) in [4.78, 5) is 12.3. The molecule has 0 radical (unpaired) electrons. The monoisotopic (exact) mass is 507 g/mol. The SMILES string of the molecule is CC(=O)N[C@H]1[C@H](OC2CCCCC2)O[C@@H]2CO[C@@H](/C=C/c3ccccc3)O[C@H]2[C@@H]1OCc1ccccc1. The van der Waals surface area contributed by atoms with Gasteiger partial charge < -0.3 is 29.0 Å². The molecular weight excluding hydrogens is 470 g/mol. The van der Waals surface area contributed by atoms with E-state index in [4.69, 9.17) is 23.7 Å². The first-order valence-electron chi connectivity index (χ1n) is 13.4. The van der Waals surface area contributed by atoms with Crippen molar-refractivity contribution in [3.8, 4) is 0 Å². The number of hydrogen-bond donors (Lipinski definition) is 1. The zero-order chi connectivity index (χ0) is 25.5. The molecule has 2 heterocycles. The molecule has 0 aromatic heterocycles. The number of fused-ring (bicyclic) bond motifs is 1. The van der Waals surface area contributed by atoms with Gasteiger partial charge in [-0.15, -0.1) is 0 Å². The summed E-state index contributed by atoms with van der Waals surface area (Å²) < 4.78 is 31.8. The summed E-state index contributed by atoms with van der Waals surface area (Å²) in [5.74, 6) is -0.162. The molecule has 1 N–H and O–H groups in total. The number of carbonyl (C=O) groups excluding carboxylic acids is 1. The van der Waals surface area contributed by atoms with Gasteiger partial charge >= 0.3 is 0 Å². The smallest absolute Gasteiger partial charge is 0.217 e. The predicted molar refractivity (Wildman–Crippen MR) is 139 cm³/mol. The minimum atomic E-state index is -0.641. The Kier molecular flexibility index (Phi) is 9.02. The van der Waals surface area contributed by atoms with Crippen LogP contribution in [0, 0.1) is 0 Å². The summed E-state index contributed by atoms with van der Waals surface area (Å²) in [5, 5.41) is 3.06. The van der Waals surface area contributed by atoms with E-state index in [9.17, 15) is 4.79 Å². The van der Waals surface area contributed by atoms with Crippen LogP contribution in [0.2, 0.25) is 0 Å². The number of amides is 1. The highest BCUT2D eigenvalue weighted by atomic mass is 16.8. The molecule has 1 saturated carbocycles. The average Bonchev–Trinajstić information content (AvgIpc) is 2.93. The van der Waals surface area contributed by atoms with E-state index in [2.05, 4.69) is 5.32 Å². The van der Waals surface area contributed by atoms with Crippen LogP contribution in [0.3, 0.4) is 0 Å². The first-order chi connectivity index (χ1) is 18.2.